The number of aliphatic hydroxyl groups excluding tert-OH is 1. The molecule has 0 aliphatic rings. The van der Waals surface area contributed by atoms with Gasteiger partial charge in [0.15, 0.2) is 0 Å². The average Bonchev–Trinajstić information content (AvgIpc) is 2.28. The topological polar surface area (TPSA) is 61.9 Å². The fourth-order valence-corrected chi connectivity index (χ4v) is 1.29. The molecule has 0 spiro atoms. The van der Waals surface area contributed by atoms with Crippen molar-refractivity contribution >= 4 is 5.84 Å². The predicted molar refractivity (Wildman–Crippen MR) is 61.3 cm³/mol. The van der Waals surface area contributed by atoms with Crippen molar-refractivity contribution in [3.63, 3.8) is 0 Å². The first-order valence-electron chi connectivity index (χ1n) is 4.82. The number of hydrogen-bond acceptors (Lipinski definition) is 3. The van der Waals surface area contributed by atoms with Crippen LogP contribution in [0.2, 0.25) is 0 Å². The molecular formula is C11H17N3O. The number of hydrogen-bond donors (Lipinski definition) is 2. The number of amidine groups is 1. The summed E-state index contributed by atoms with van der Waals surface area (Å²) in [5, 5.41) is 8.68. The first-order valence-corrected chi connectivity index (χ1v) is 4.82. The second-order valence-corrected chi connectivity index (χ2v) is 3.31. The summed E-state index contributed by atoms with van der Waals surface area (Å²) in [4.78, 5) is 5.71. The van der Waals surface area contributed by atoms with Crippen molar-refractivity contribution in [2.45, 2.75) is 13.1 Å². The van der Waals surface area contributed by atoms with E-state index in [1.165, 1.54) is 0 Å². The van der Waals surface area contributed by atoms with Gasteiger partial charge in [-0.1, -0.05) is 30.3 Å². The second kappa shape index (κ2) is 5.48. The molecule has 1 aromatic carbocycles. The highest BCUT2D eigenvalue weighted by Crippen LogP contribution is 2.13. The van der Waals surface area contributed by atoms with Gasteiger partial charge in [-0.05, 0) is 12.5 Å². The van der Waals surface area contributed by atoms with Gasteiger partial charge in [0.1, 0.15) is 12.9 Å². The maximum Gasteiger partial charge on any atom is 0.136 e. The Kier molecular flexibility index (Phi) is 4.27. The third-order valence-electron chi connectivity index (χ3n) is 2.37. The minimum atomic E-state index is -0.235. The van der Waals surface area contributed by atoms with E-state index in [2.05, 4.69) is 4.99 Å². The highest BCUT2D eigenvalue weighted by molar-refractivity contribution is 5.79. The molecule has 4 nitrogen and oxygen atoms in total. The van der Waals surface area contributed by atoms with Crippen molar-refractivity contribution < 1.29 is 5.11 Å². The van der Waals surface area contributed by atoms with Crippen LogP contribution in [0.4, 0.5) is 0 Å². The second-order valence-electron chi connectivity index (χ2n) is 3.31. The largest absolute Gasteiger partial charge is 0.374 e. The molecule has 0 heterocycles. The summed E-state index contributed by atoms with van der Waals surface area (Å²) in [7, 11) is 1.85. The normalized spacial score (nSPS) is 13.7. The molecule has 15 heavy (non-hydrogen) atoms. The van der Waals surface area contributed by atoms with E-state index < -0.39 is 0 Å². The highest BCUT2D eigenvalue weighted by atomic mass is 16.3. The van der Waals surface area contributed by atoms with Crippen molar-refractivity contribution in [3.05, 3.63) is 35.9 Å². The molecule has 1 aromatic rings. The molecule has 0 aliphatic heterocycles. The minimum absolute atomic E-state index is 0.211. The Balaban J connectivity index is 2.77. The number of aliphatic imine (C=N–C) groups is 1. The molecule has 82 valence electrons. The molecule has 0 amide bonds. The molecule has 0 radical (unpaired) electrons. The third kappa shape index (κ3) is 3.04. The molecule has 0 aromatic heterocycles. The van der Waals surface area contributed by atoms with Crippen LogP contribution >= 0.6 is 0 Å². The zero-order valence-electron chi connectivity index (χ0n) is 9.09. The smallest absolute Gasteiger partial charge is 0.136 e. The van der Waals surface area contributed by atoms with Crippen molar-refractivity contribution in [1.29, 1.82) is 0 Å². The Hall–Kier alpha value is -1.39. The van der Waals surface area contributed by atoms with E-state index in [0.717, 1.165) is 5.56 Å². The average molecular weight is 207 g/mol. The van der Waals surface area contributed by atoms with Gasteiger partial charge in [0.25, 0.3) is 0 Å². The lowest BCUT2D eigenvalue weighted by molar-refractivity contribution is 0.302. The SMILES string of the molecule is C/C(=N/CO)N(C)C(N)c1ccccc1. The number of benzene rings is 1. The molecule has 0 bridgehead atoms. The van der Waals surface area contributed by atoms with Gasteiger partial charge < -0.3 is 15.7 Å². The van der Waals surface area contributed by atoms with Gasteiger partial charge in [0.2, 0.25) is 0 Å². The summed E-state index contributed by atoms with van der Waals surface area (Å²) in [6, 6.07) is 9.77. The molecule has 1 rings (SSSR count). The van der Waals surface area contributed by atoms with Gasteiger partial charge in [-0.3, -0.25) is 0 Å². The molecule has 0 aliphatic carbocycles. The third-order valence-corrected chi connectivity index (χ3v) is 2.37. The van der Waals surface area contributed by atoms with Gasteiger partial charge >= 0.3 is 0 Å². The van der Waals surface area contributed by atoms with E-state index in [0.29, 0.717) is 5.84 Å². The molecule has 4 heteroatoms. The van der Waals surface area contributed by atoms with Crippen LogP contribution < -0.4 is 5.73 Å². The van der Waals surface area contributed by atoms with Crippen LogP contribution in [-0.4, -0.2) is 29.6 Å². The van der Waals surface area contributed by atoms with Crippen LogP contribution in [-0.2, 0) is 0 Å². The van der Waals surface area contributed by atoms with E-state index in [4.69, 9.17) is 10.8 Å². The molecule has 3 N–H and O–H groups in total. The van der Waals surface area contributed by atoms with Crippen molar-refractivity contribution in [2.24, 2.45) is 10.7 Å². The van der Waals surface area contributed by atoms with Crippen LogP contribution in [0.1, 0.15) is 18.7 Å². The van der Waals surface area contributed by atoms with Gasteiger partial charge in [0.05, 0.1) is 5.84 Å². The molecule has 0 saturated heterocycles. The molecular weight excluding hydrogens is 190 g/mol. The zero-order valence-corrected chi connectivity index (χ0v) is 9.09. The van der Waals surface area contributed by atoms with E-state index in [1.807, 2.05) is 49.2 Å². The van der Waals surface area contributed by atoms with Crippen LogP contribution in [0, 0.1) is 0 Å². The maximum atomic E-state index is 8.68. The standard InChI is InChI=1S/C11H17N3O/c1-9(13-8-15)14(2)11(12)10-6-4-3-5-7-10/h3-7,11,15H,8,12H2,1-2H3/b13-9-. The first-order chi connectivity index (χ1) is 7.16. The predicted octanol–water partition coefficient (Wildman–Crippen LogP) is 0.944. The van der Waals surface area contributed by atoms with E-state index >= 15 is 0 Å². The number of aliphatic hydroxyl groups is 1. The van der Waals surface area contributed by atoms with Crippen LogP contribution in [0.15, 0.2) is 35.3 Å². The summed E-state index contributed by atoms with van der Waals surface area (Å²) in [6.45, 7) is 1.61. The fraction of sp³-hybridized carbons (Fsp3) is 0.364. The lowest BCUT2D eigenvalue weighted by Gasteiger charge is -2.26. The Morgan fingerprint density at radius 2 is 2.07 bits per heavy atom. The highest BCUT2D eigenvalue weighted by Gasteiger charge is 2.12. The molecule has 1 atom stereocenters. The quantitative estimate of drug-likeness (QED) is 0.440. The first kappa shape index (κ1) is 11.7. The number of nitrogens with zero attached hydrogens (tertiary/aromatic N) is 2. The lowest BCUT2D eigenvalue weighted by atomic mass is 10.1. The van der Waals surface area contributed by atoms with Crippen molar-refractivity contribution in [2.75, 3.05) is 13.8 Å². The molecule has 0 saturated carbocycles. The Bertz CT molecular complexity index is 324. The van der Waals surface area contributed by atoms with Crippen LogP contribution in [0.25, 0.3) is 0 Å². The Morgan fingerprint density at radius 3 is 2.60 bits per heavy atom. The fourth-order valence-electron chi connectivity index (χ4n) is 1.29. The summed E-state index contributed by atoms with van der Waals surface area (Å²) < 4.78 is 0. The number of nitrogens with two attached hydrogens (primary N) is 1. The van der Waals surface area contributed by atoms with Crippen molar-refractivity contribution in [1.82, 2.24) is 4.90 Å². The summed E-state index contributed by atoms with van der Waals surface area (Å²) >= 11 is 0. The van der Waals surface area contributed by atoms with Crippen LogP contribution in [0.5, 0.6) is 0 Å². The monoisotopic (exact) mass is 207 g/mol. The van der Waals surface area contributed by atoms with Crippen molar-refractivity contribution in [3.8, 4) is 0 Å². The summed E-state index contributed by atoms with van der Waals surface area (Å²) in [5.41, 5.74) is 7.05. The minimum Gasteiger partial charge on any atom is -0.374 e. The van der Waals surface area contributed by atoms with E-state index in [9.17, 15) is 0 Å². The van der Waals surface area contributed by atoms with Gasteiger partial charge in [-0.2, -0.15) is 0 Å². The van der Waals surface area contributed by atoms with E-state index in [1.54, 1.807) is 0 Å². The van der Waals surface area contributed by atoms with Gasteiger partial charge in [-0.25, -0.2) is 4.99 Å². The Morgan fingerprint density at radius 1 is 1.47 bits per heavy atom. The molecule has 0 fully saturated rings. The maximum absolute atomic E-state index is 8.68. The van der Waals surface area contributed by atoms with Gasteiger partial charge in [0, 0.05) is 7.05 Å². The van der Waals surface area contributed by atoms with Crippen LogP contribution in [0.3, 0.4) is 0 Å². The molecule has 1 unspecified atom stereocenters. The number of rotatable bonds is 3. The Labute approximate surface area is 90.0 Å². The summed E-state index contributed by atoms with van der Waals surface area (Å²) in [5.74, 6) is 0.717. The summed E-state index contributed by atoms with van der Waals surface area (Å²) in [6.07, 6.45) is -0.235. The lowest BCUT2D eigenvalue weighted by Crippen LogP contribution is -2.35. The van der Waals surface area contributed by atoms with E-state index in [-0.39, 0.29) is 12.9 Å². The van der Waals surface area contributed by atoms with Gasteiger partial charge in [-0.15, -0.1) is 0 Å². The zero-order chi connectivity index (χ0) is 11.3.